The van der Waals surface area contributed by atoms with E-state index in [0.717, 1.165) is 0 Å². The van der Waals surface area contributed by atoms with Crippen molar-refractivity contribution >= 4 is 21.7 Å². The predicted octanol–water partition coefficient (Wildman–Crippen LogP) is 0.232. The average molecular weight is 357 g/mol. The van der Waals surface area contributed by atoms with E-state index in [9.17, 15) is 23.1 Å². The lowest BCUT2D eigenvalue weighted by Gasteiger charge is -2.25. The summed E-state index contributed by atoms with van der Waals surface area (Å²) >= 11 is 0. The fourth-order valence-electron chi connectivity index (χ4n) is 2.11. The Morgan fingerprint density at radius 1 is 1.21 bits per heavy atom. The molecule has 1 atom stereocenters. The molecule has 3 N–H and O–H groups in total. The molecule has 24 heavy (non-hydrogen) atoms. The number of sulfone groups is 1. The van der Waals surface area contributed by atoms with Crippen LogP contribution in [0.15, 0.2) is 30.3 Å². The van der Waals surface area contributed by atoms with Crippen molar-refractivity contribution in [2.24, 2.45) is 5.92 Å². The van der Waals surface area contributed by atoms with Gasteiger partial charge < -0.3 is 15.5 Å². The number of rotatable bonds is 9. The molecule has 0 saturated carbocycles. The van der Waals surface area contributed by atoms with E-state index in [4.69, 9.17) is 5.11 Å². The molecule has 8 heteroatoms. The van der Waals surface area contributed by atoms with Gasteiger partial charge in [0, 0.05) is 6.54 Å². The Bertz CT molecular complexity index is 669. The number of carboxylic acid groups (broad SMARTS) is 1. The Labute approximate surface area is 141 Å². The highest BCUT2D eigenvalue weighted by Crippen LogP contribution is 2.22. The molecule has 0 aliphatic carbocycles. The number of benzene rings is 1. The Kier molecular flexibility index (Phi) is 6.92. The number of carboxylic acids is 1. The average Bonchev–Trinajstić information content (AvgIpc) is 2.52. The third-order valence-corrected chi connectivity index (χ3v) is 6.40. The Morgan fingerprint density at radius 2 is 1.79 bits per heavy atom. The van der Waals surface area contributed by atoms with Crippen LogP contribution >= 0.6 is 0 Å². The van der Waals surface area contributed by atoms with Crippen LogP contribution < -0.4 is 5.32 Å². The first kappa shape index (κ1) is 20.1. The van der Waals surface area contributed by atoms with E-state index >= 15 is 0 Å². The molecule has 0 aliphatic heterocycles. The molecule has 7 nitrogen and oxygen atoms in total. The maximum absolute atomic E-state index is 12.6. The van der Waals surface area contributed by atoms with Gasteiger partial charge in [-0.25, -0.2) is 8.42 Å². The van der Waals surface area contributed by atoms with Crippen LogP contribution in [-0.2, 0) is 25.8 Å². The highest BCUT2D eigenvalue weighted by Gasteiger charge is 2.43. The van der Waals surface area contributed by atoms with Gasteiger partial charge in [0.05, 0.1) is 18.3 Å². The minimum absolute atomic E-state index is 0.0593. The molecule has 0 aromatic heterocycles. The number of aliphatic carboxylic acids is 1. The summed E-state index contributed by atoms with van der Waals surface area (Å²) in [6.07, 6.45) is 0.0593. The third-order valence-electron chi connectivity index (χ3n) is 3.82. The first-order valence-electron chi connectivity index (χ1n) is 7.50. The standard InChI is InChI=1S/C16H23NO6S/c1-16(2,15(21)17-8-9-18)24(22,23)11-13(14(19)20)10-12-6-4-3-5-7-12/h3-7,13,18H,8-11H2,1-2H3,(H,17,21)(H,19,20). The summed E-state index contributed by atoms with van der Waals surface area (Å²) in [4.78, 5) is 23.5. The summed E-state index contributed by atoms with van der Waals surface area (Å²) in [6.45, 7) is 2.09. The molecule has 0 spiro atoms. The van der Waals surface area contributed by atoms with Gasteiger partial charge in [0.25, 0.3) is 0 Å². The van der Waals surface area contributed by atoms with Crippen molar-refractivity contribution in [3.8, 4) is 0 Å². The number of hydrogen-bond acceptors (Lipinski definition) is 5. The highest BCUT2D eigenvalue weighted by molar-refractivity contribution is 7.93. The van der Waals surface area contributed by atoms with Gasteiger partial charge in [-0.1, -0.05) is 30.3 Å². The Balaban J connectivity index is 2.95. The molecule has 0 heterocycles. The second kappa shape index (κ2) is 8.25. The molecule has 0 bridgehead atoms. The Hall–Kier alpha value is -1.93. The van der Waals surface area contributed by atoms with Crippen molar-refractivity contribution in [1.82, 2.24) is 5.32 Å². The first-order valence-corrected chi connectivity index (χ1v) is 9.15. The normalized spacial score (nSPS) is 13.3. The topological polar surface area (TPSA) is 121 Å². The number of amides is 1. The van der Waals surface area contributed by atoms with Gasteiger partial charge in [0.2, 0.25) is 5.91 Å². The van der Waals surface area contributed by atoms with Gasteiger partial charge in [0.15, 0.2) is 9.84 Å². The fourth-order valence-corrected chi connectivity index (χ4v) is 3.67. The summed E-state index contributed by atoms with van der Waals surface area (Å²) < 4.78 is 23.4. The second-order valence-corrected chi connectivity index (χ2v) is 8.58. The van der Waals surface area contributed by atoms with Crippen molar-refractivity contribution < 1.29 is 28.2 Å². The van der Waals surface area contributed by atoms with Gasteiger partial charge in [-0.3, -0.25) is 9.59 Å². The van der Waals surface area contributed by atoms with E-state index in [0.29, 0.717) is 5.56 Å². The number of aliphatic hydroxyl groups excluding tert-OH is 1. The summed E-state index contributed by atoms with van der Waals surface area (Å²) in [5.41, 5.74) is 0.711. The molecule has 1 amide bonds. The minimum Gasteiger partial charge on any atom is -0.481 e. The second-order valence-electron chi connectivity index (χ2n) is 6.00. The molecular formula is C16H23NO6S. The van der Waals surface area contributed by atoms with Crippen LogP contribution in [-0.4, -0.2) is 54.2 Å². The molecule has 0 aliphatic rings. The Morgan fingerprint density at radius 3 is 2.29 bits per heavy atom. The molecule has 1 aromatic rings. The maximum atomic E-state index is 12.6. The van der Waals surface area contributed by atoms with Crippen LogP contribution in [0.4, 0.5) is 0 Å². The molecule has 0 saturated heterocycles. The number of carbonyl (C=O) groups excluding carboxylic acids is 1. The molecular weight excluding hydrogens is 334 g/mol. The molecule has 1 aromatic carbocycles. The maximum Gasteiger partial charge on any atom is 0.307 e. The minimum atomic E-state index is -4.03. The van der Waals surface area contributed by atoms with Crippen LogP contribution in [0, 0.1) is 5.92 Å². The fraction of sp³-hybridized carbons (Fsp3) is 0.500. The zero-order valence-corrected chi connectivity index (χ0v) is 14.5. The number of nitrogens with one attached hydrogen (secondary N) is 1. The van der Waals surface area contributed by atoms with Crippen LogP contribution in [0.2, 0.25) is 0 Å². The summed E-state index contributed by atoms with van der Waals surface area (Å²) in [6, 6.07) is 8.72. The van der Waals surface area contributed by atoms with E-state index in [-0.39, 0.29) is 19.6 Å². The largest absolute Gasteiger partial charge is 0.481 e. The van der Waals surface area contributed by atoms with Gasteiger partial charge in [-0.05, 0) is 25.8 Å². The van der Waals surface area contributed by atoms with Crippen LogP contribution in [0.5, 0.6) is 0 Å². The molecule has 0 radical (unpaired) electrons. The van der Waals surface area contributed by atoms with E-state index in [1.54, 1.807) is 30.3 Å². The van der Waals surface area contributed by atoms with E-state index in [1.165, 1.54) is 13.8 Å². The van der Waals surface area contributed by atoms with E-state index < -0.39 is 38.1 Å². The summed E-state index contributed by atoms with van der Waals surface area (Å²) in [5.74, 6) is -3.78. The van der Waals surface area contributed by atoms with E-state index in [2.05, 4.69) is 5.32 Å². The lowest BCUT2D eigenvalue weighted by Crippen LogP contribution is -2.50. The predicted molar refractivity (Wildman–Crippen MR) is 89.2 cm³/mol. The zero-order valence-electron chi connectivity index (χ0n) is 13.7. The number of carbonyl (C=O) groups is 2. The van der Waals surface area contributed by atoms with E-state index in [1.807, 2.05) is 0 Å². The van der Waals surface area contributed by atoms with Crippen molar-refractivity contribution in [3.63, 3.8) is 0 Å². The van der Waals surface area contributed by atoms with Gasteiger partial charge in [-0.15, -0.1) is 0 Å². The number of aliphatic hydroxyl groups is 1. The molecule has 134 valence electrons. The van der Waals surface area contributed by atoms with Gasteiger partial charge in [0.1, 0.15) is 4.75 Å². The van der Waals surface area contributed by atoms with Gasteiger partial charge >= 0.3 is 5.97 Å². The van der Waals surface area contributed by atoms with Crippen LogP contribution in [0.25, 0.3) is 0 Å². The van der Waals surface area contributed by atoms with Gasteiger partial charge in [-0.2, -0.15) is 0 Å². The SMILES string of the molecule is CC(C)(C(=O)NCCO)S(=O)(=O)CC(Cc1ccccc1)C(=O)O. The quantitative estimate of drug-likeness (QED) is 0.582. The molecule has 1 rings (SSSR count). The van der Waals surface area contributed by atoms with Crippen LogP contribution in [0.1, 0.15) is 19.4 Å². The smallest absolute Gasteiger partial charge is 0.307 e. The van der Waals surface area contributed by atoms with Crippen molar-refractivity contribution in [2.45, 2.75) is 25.0 Å². The zero-order chi connectivity index (χ0) is 18.4. The summed E-state index contributed by atoms with van der Waals surface area (Å²) in [7, 11) is -4.03. The number of hydrogen-bond donors (Lipinski definition) is 3. The molecule has 0 fully saturated rings. The monoisotopic (exact) mass is 357 g/mol. The lowest BCUT2D eigenvalue weighted by atomic mass is 10.0. The van der Waals surface area contributed by atoms with Crippen molar-refractivity contribution in [2.75, 3.05) is 18.9 Å². The van der Waals surface area contributed by atoms with Crippen molar-refractivity contribution in [3.05, 3.63) is 35.9 Å². The van der Waals surface area contributed by atoms with Crippen molar-refractivity contribution in [1.29, 1.82) is 0 Å². The lowest BCUT2D eigenvalue weighted by molar-refractivity contribution is -0.141. The molecule has 1 unspecified atom stereocenters. The third kappa shape index (κ3) is 5.04. The summed E-state index contributed by atoms with van der Waals surface area (Å²) in [5, 5.41) is 20.4. The van der Waals surface area contributed by atoms with Crippen LogP contribution in [0.3, 0.4) is 0 Å². The first-order chi connectivity index (χ1) is 11.1. The highest BCUT2D eigenvalue weighted by atomic mass is 32.2.